The van der Waals surface area contributed by atoms with Crippen molar-refractivity contribution in [2.45, 2.75) is 54.5 Å². The molecule has 9 heteroatoms. The van der Waals surface area contributed by atoms with E-state index in [-0.39, 0.29) is 0 Å². The molecule has 0 amide bonds. The van der Waals surface area contributed by atoms with Crippen LogP contribution in [-0.4, -0.2) is 34.1 Å². The fourth-order valence-corrected chi connectivity index (χ4v) is 6.17. The molecular formula is C20H26ClN7S. The van der Waals surface area contributed by atoms with E-state index in [0.29, 0.717) is 38.6 Å². The van der Waals surface area contributed by atoms with E-state index >= 15 is 0 Å². The zero-order valence-electron chi connectivity index (χ0n) is 16.3. The molecule has 2 aromatic heterocycles. The molecule has 5 rings (SSSR count). The van der Waals surface area contributed by atoms with Gasteiger partial charge in [-0.1, -0.05) is 23.4 Å². The lowest BCUT2D eigenvalue weighted by Gasteiger charge is -2.43. The Morgan fingerprint density at radius 1 is 1.00 bits per heavy atom. The molecular weight excluding hydrogens is 406 g/mol. The number of nitrogen functional groups attached to an aromatic ring is 2. The first kappa shape index (κ1) is 19.2. The van der Waals surface area contributed by atoms with Crippen molar-refractivity contribution < 1.29 is 0 Å². The Hall–Kier alpha value is -1.77. The average molecular weight is 432 g/mol. The third kappa shape index (κ3) is 3.21. The summed E-state index contributed by atoms with van der Waals surface area (Å²) < 4.78 is 0. The lowest BCUT2D eigenvalue weighted by Crippen LogP contribution is -2.49. The molecule has 3 fully saturated rings. The second-order valence-corrected chi connectivity index (χ2v) is 10.1. The summed E-state index contributed by atoms with van der Waals surface area (Å²) in [6.07, 6.45) is 10.9. The predicted molar refractivity (Wildman–Crippen MR) is 117 cm³/mol. The van der Waals surface area contributed by atoms with Gasteiger partial charge in [0.05, 0.1) is 11.2 Å². The number of piperidine rings is 1. The van der Waals surface area contributed by atoms with Crippen molar-refractivity contribution in [1.82, 2.24) is 15.0 Å². The van der Waals surface area contributed by atoms with Gasteiger partial charge in [0.15, 0.2) is 5.82 Å². The van der Waals surface area contributed by atoms with Crippen LogP contribution in [0.5, 0.6) is 0 Å². The maximum atomic E-state index is 6.72. The highest BCUT2D eigenvalue weighted by Crippen LogP contribution is 2.65. The largest absolute Gasteiger partial charge is 0.382 e. The Labute approximate surface area is 179 Å². The van der Waals surface area contributed by atoms with Gasteiger partial charge in [-0.3, -0.25) is 0 Å². The van der Waals surface area contributed by atoms with Gasteiger partial charge in [0, 0.05) is 30.2 Å². The Bertz CT molecular complexity index is 940. The Morgan fingerprint density at radius 2 is 1.66 bits per heavy atom. The molecule has 3 aliphatic rings. The molecule has 2 spiro atoms. The summed E-state index contributed by atoms with van der Waals surface area (Å²) in [5, 5.41) is 1.02. The van der Waals surface area contributed by atoms with Gasteiger partial charge in [0.1, 0.15) is 16.7 Å². The van der Waals surface area contributed by atoms with Crippen molar-refractivity contribution in [2.75, 3.05) is 29.5 Å². The van der Waals surface area contributed by atoms with E-state index in [1.807, 2.05) is 0 Å². The van der Waals surface area contributed by atoms with Gasteiger partial charge < -0.3 is 22.1 Å². The van der Waals surface area contributed by atoms with E-state index < -0.39 is 0 Å². The number of hydrogen-bond donors (Lipinski definition) is 3. The molecule has 154 valence electrons. The standard InChI is InChI=1S/C20H26ClN7S/c21-14-12(1-8-25-15(14)22)29-17-16(23)27-13(11-26-17)28-9-6-20(7-10-28)5-4-19(2-3-19)18(20)24/h1,8,11,18H,2-7,9-10,24H2,(H2,22,25)(H2,23,27)/t18-/m1/s1. The van der Waals surface area contributed by atoms with Crippen molar-refractivity contribution >= 4 is 40.8 Å². The summed E-state index contributed by atoms with van der Waals surface area (Å²) in [6, 6.07) is 2.16. The summed E-state index contributed by atoms with van der Waals surface area (Å²) in [7, 11) is 0. The maximum absolute atomic E-state index is 6.72. The summed E-state index contributed by atoms with van der Waals surface area (Å²) in [4.78, 5) is 16.2. The van der Waals surface area contributed by atoms with E-state index in [2.05, 4.69) is 19.9 Å². The summed E-state index contributed by atoms with van der Waals surface area (Å²) in [5.41, 5.74) is 19.5. The second kappa shape index (κ2) is 6.89. The SMILES string of the molecule is Nc1nc(N2CCC3(CC2)CCC2(CC2)[C@H]3N)cnc1Sc1ccnc(N)c1Cl. The lowest BCUT2D eigenvalue weighted by molar-refractivity contribution is 0.178. The van der Waals surface area contributed by atoms with Crippen molar-refractivity contribution in [3.8, 4) is 0 Å². The molecule has 1 atom stereocenters. The molecule has 0 aromatic carbocycles. The average Bonchev–Trinajstić information content (AvgIpc) is 3.47. The molecule has 2 saturated carbocycles. The molecule has 29 heavy (non-hydrogen) atoms. The Balaban J connectivity index is 1.28. The van der Waals surface area contributed by atoms with Crippen LogP contribution in [0, 0.1) is 10.8 Å². The highest BCUT2D eigenvalue weighted by molar-refractivity contribution is 7.99. The molecule has 0 bridgehead atoms. The van der Waals surface area contributed by atoms with Crippen LogP contribution in [-0.2, 0) is 0 Å². The lowest BCUT2D eigenvalue weighted by atomic mass is 9.72. The van der Waals surface area contributed by atoms with Crippen molar-refractivity contribution in [2.24, 2.45) is 16.6 Å². The topological polar surface area (TPSA) is 120 Å². The van der Waals surface area contributed by atoms with Gasteiger partial charge in [-0.25, -0.2) is 15.0 Å². The summed E-state index contributed by atoms with van der Waals surface area (Å²) in [5.74, 6) is 1.52. The zero-order chi connectivity index (χ0) is 20.2. The number of hydrogen-bond acceptors (Lipinski definition) is 8. The number of rotatable bonds is 3. The normalized spacial score (nSPS) is 24.3. The van der Waals surface area contributed by atoms with Gasteiger partial charge >= 0.3 is 0 Å². The third-order valence-corrected chi connectivity index (χ3v) is 8.83. The number of halogens is 1. The second-order valence-electron chi connectivity index (χ2n) is 8.72. The van der Waals surface area contributed by atoms with E-state index in [0.717, 1.165) is 36.6 Å². The molecule has 7 nitrogen and oxygen atoms in total. The molecule has 2 aliphatic carbocycles. The highest BCUT2D eigenvalue weighted by atomic mass is 35.5. The van der Waals surface area contributed by atoms with Gasteiger partial charge in [0.25, 0.3) is 0 Å². The number of nitrogens with zero attached hydrogens (tertiary/aromatic N) is 4. The van der Waals surface area contributed by atoms with E-state index in [4.69, 9.17) is 28.8 Å². The molecule has 3 heterocycles. The van der Waals surface area contributed by atoms with Crippen LogP contribution in [0.15, 0.2) is 28.4 Å². The molecule has 2 aromatic rings. The van der Waals surface area contributed by atoms with Gasteiger partial charge in [-0.15, -0.1) is 0 Å². The van der Waals surface area contributed by atoms with Crippen molar-refractivity contribution in [1.29, 1.82) is 0 Å². The molecule has 1 aliphatic heterocycles. The van der Waals surface area contributed by atoms with Gasteiger partial charge in [-0.2, -0.15) is 0 Å². The first-order valence-electron chi connectivity index (χ1n) is 10.1. The number of aromatic nitrogens is 3. The first-order valence-corrected chi connectivity index (χ1v) is 11.3. The number of nitrogens with two attached hydrogens (primary N) is 3. The minimum absolute atomic E-state index is 0.292. The Kier molecular flexibility index (Phi) is 4.56. The van der Waals surface area contributed by atoms with E-state index in [1.54, 1.807) is 18.5 Å². The smallest absolute Gasteiger partial charge is 0.158 e. The van der Waals surface area contributed by atoms with Crippen LogP contribution in [0.25, 0.3) is 0 Å². The molecule has 0 unspecified atom stereocenters. The molecule has 0 radical (unpaired) electrons. The minimum Gasteiger partial charge on any atom is -0.382 e. The van der Waals surface area contributed by atoms with E-state index in [9.17, 15) is 0 Å². The fraction of sp³-hybridized carbons (Fsp3) is 0.550. The Morgan fingerprint density at radius 3 is 2.31 bits per heavy atom. The van der Waals surface area contributed by atoms with Crippen LogP contribution >= 0.6 is 23.4 Å². The molecule has 1 saturated heterocycles. The number of anilines is 3. The fourth-order valence-electron chi connectivity index (χ4n) is 5.16. The summed E-state index contributed by atoms with van der Waals surface area (Å²) in [6.45, 7) is 1.91. The van der Waals surface area contributed by atoms with Crippen molar-refractivity contribution in [3.63, 3.8) is 0 Å². The monoisotopic (exact) mass is 431 g/mol. The summed E-state index contributed by atoms with van der Waals surface area (Å²) >= 11 is 7.58. The van der Waals surface area contributed by atoms with Gasteiger partial charge in [0.2, 0.25) is 0 Å². The minimum atomic E-state index is 0.292. The van der Waals surface area contributed by atoms with Crippen LogP contribution < -0.4 is 22.1 Å². The van der Waals surface area contributed by atoms with Gasteiger partial charge in [-0.05, 0) is 55.4 Å². The third-order valence-electron chi connectivity index (χ3n) is 7.25. The van der Waals surface area contributed by atoms with Crippen molar-refractivity contribution in [3.05, 3.63) is 23.5 Å². The van der Waals surface area contributed by atoms with Crippen LogP contribution in [0.3, 0.4) is 0 Å². The van der Waals surface area contributed by atoms with Crippen LogP contribution in [0.1, 0.15) is 38.5 Å². The maximum Gasteiger partial charge on any atom is 0.158 e. The van der Waals surface area contributed by atoms with E-state index in [1.165, 1.54) is 37.4 Å². The number of pyridine rings is 1. The quantitative estimate of drug-likeness (QED) is 0.676. The zero-order valence-corrected chi connectivity index (χ0v) is 17.8. The van der Waals surface area contributed by atoms with Crippen LogP contribution in [0.4, 0.5) is 17.5 Å². The predicted octanol–water partition coefficient (Wildman–Crippen LogP) is 3.33. The molecule has 6 N–H and O–H groups in total. The first-order chi connectivity index (χ1) is 13.9. The van der Waals surface area contributed by atoms with Crippen LogP contribution in [0.2, 0.25) is 5.02 Å². The highest BCUT2D eigenvalue weighted by Gasteiger charge is 2.61.